The number of nitro groups is 1. The van der Waals surface area contributed by atoms with Crippen LogP contribution in [0.5, 0.6) is 0 Å². The van der Waals surface area contributed by atoms with Crippen molar-refractivity contribution < 1.29 is 14.5 Å². The largest absolute Gasteiger partial charge is 0.427 e. The number of carbonyl (C=O) groups is 1. The highest BCUT2D eigenvalue weighted by atomic mass is 16.6. The van der Waals surface area contributed by atoms with Crippen molar-refractivity contribution in [1.29, 1.82) is 0 Å². The number of hydrogen-bond acceptors (Lipinski definition) is 5. The van der Waals surface area contributed by atoms with Crippen LogP contribution in [0, 0.1) is 10.1 Å². The van der Waals surface area contributed by atoms with E-state index in [9.17, 15) is 14.9 Å². The number of benzene rings is 3. The van der Waals surface area contributed by atoms with Gasteiger partial charge in [0.2, 0.25) is 5.72 Å². The lowest BCUT2D eigenvalue weighted by atomic mass is 9.92. The monoisotopic (exact) mass is 346 g/mol. The number of anilines is 1. The molecule has 1 aliphatic heterocycles. The van der Waals surface area contributed by atoms with Gasteiger partial charge in [-0.15, -0.1) is 0 Å². The maximum atomic E-state index is 12.4. The maximum absolute atomic E-state index is 12.4. The van der Waals surface area contributed by atoms with Crippen LogP contribution in [0.4, 0.5) is 11.4 Å². The van der Waals surface area contributed by atoms with Crippen molar-refractivity contribution in [1.82, 2.24) is 0 Å². The Kier molecular flexibility index (Phi) is 3.65. The highest BCUT2D eigenvalue weighted by molar-refractivity contribution is 5.96. The van der Waals surface area contributed by atoms with Gasteiger partial charge in [-0.3, -0.25) is 10.1 Å². The molecule has 1 aliphatic rings. The summed E-state index contributed by atoms with van der Waals surface area (Å²) in [6, 6.07) is 22.5. The molecule has 0 saturated heterocycles. The standard InChI is InChI=1S/C20H14N2O4/c23-19-17-8-4-5-9-18(17)20(26-19,14-6-2-1-3-7-14)21-15-10-12-16(13-11-15)22(24)25/h1-13,21H/t20-/m1/s1. The quantitative estimate of drug-likeness (QED) is 0.437. The van der Waals surface area contributed by atoms with E-state index in [2.05, 4.69) is 5.32 Å². The number of nitrogens with zero attached hydrogens (tertiary/aromatic N) is 1. The van der Waals surface area contributed by atoms with Crippen LogP contribution in [0.15, 0.2) is 78.9 Å². The van der Waals surface area contributed by atoms with Gasteiger partial charge in [0.1, 0.15) is 0 Å². The van der Waals surface area contributed by atoms with Crippen LogP contribution in [-0.4, -0.2) is 10.9 Å². The van der Waals surface area contributed by atoms with Gasteiger partial charge in [0, 0.05) is 28.9 Å². The predicted molar refractivity (Wildman–Crippen MR) is 95.8 cm³/mol. The molecule has 0 fully saturated rings. The molecule has 128 valence electrons. The molecule has 0 amide bonds. The van der Waals surface area contributed by atoms with Crippen LogP contribution in [0.3, 0.4) is 0 Å². The third kappa shape index (κ3) is 2.48. The number of hydrogen-bond donors (Lipinski definition) is 1. The third-order valence-corrected chi connectivity index (χ3v) is 4.35. The van der Waals surface area contributed by atoms with Gasteiger partial charge in [0.05, 0.1) is 10.5 Å². The number of carbonyl (C=O) groups excluding carboxylic acids is 1. The van der Waals surface area contributed by atoms with Gasteiger partial charge in [-0.1, -0.05) is 48.5 Å². The Balaban J connectivity index is 1.83. The van der Waals surface area contributed by atoms with E-state index in [1.54, 1.807) is 24.3 Å². The van der Waals surface area contributed by atoms with E-state index in [-0.39, 0.29) is 5.69 Å². The molecule has 3 aromatic rings. The fraction of sp³-hybridized carbons (Fsp3) is 0.0500. The van der Waals surface area contributed by atoms with Crippen molar-refractivity contribution in [3.8, 4) is 0 Å². The SMILES string of the molecule is O=C1O[C@](Nc2ccc([N+](=O)[O-])cc2)(c2ccccc2)c2ccccc21. The Morgan fingerprint density at radius 3 is 2.23 bits per heavy atom. The summed E-state index contributed by atoms with van der Waals surface area (Å²) in [5.41, 5.74) is 1.36. The summed E-state index contributed by atoms with van der Waals surface area (Å²) in [5.74, 6) is -0.418. The molecule has 6 heteroatoms. The zero-order chi connectivity index (χ0) is 18.1. The molecular weight excluding hydrogens is 332 g/mol. The van der Waals surface area contributed by atoms with Gasteiger partial charge in [-0.2, -0.15) is 0 Å². The molecule has 1 atom stereocenters. The van der Waals surface area contributed by atoms with Crippen LogP contribution < -0.4 is 5.32 Å². The molecule has 1 heterocycles. The van der Waals surface area contributed by atoms with E-state index in [4.69, 9.17) is 4.74 Å². The molecule has 0 unspecified atom stereocenters. The van der Waals surface area contributed by atoms with E-state index < -0.39 is 16.6 Å². The van der Waals surface area contributed by atoms with Crippen molar-refractivity contribution in [3.05, 3.63) is 106 Å². The number of nitro benzene ring substituents is 1. The third-order valence-electron chi connectivity index (χ3n) is 4.35. The number of non-ortho nitro benzene ring substituents is 1. The molecule has 4 rings (SSSR count). The van der Waals surface area contributed by atoms with E-state index in [0.29, 0.717) is 16.8 Å². The molecule has 0 radical (unpaired) electrons. The first kappa shape index (κ1) is 15.8. The molecule has 1 N–H and O–H groups in total. The first-order chi connectivity index (χ1) is 12.6. The summed E-state index contributed by atoms with van der Waals surface area (Å²) in [6.45, 7) is 0. The molecule has 26 heavy (non-hydrogen) atoms. The van der Waals surface area contributed by atoms with E-state index in [1.165, 1.54) is 12.1 Å². The average Bonchev–Trinajstić information content (AvgIpc) is 2.96. The van der Waals surface area contributed by atoms with Crippen LogP contribution in [0.2, 0.25) is 0 Å². The van der Waals surface area contributed by atoms with Gasteiger partial charge in [0.15, 0.2) is 0 Å². The fourth-order valence-corrected chi connectivity index (χ4v) is 3.14. The number of fused-ring (bicyclic) bond motifs is 1. The molecule has 6 nitrogen and oxygen atoms in total. The van der Waals surface area contributed by atoms with E-state index in [0.717, 1.165) is 5.56 Å². The van der Waals surface area contributed by atoms with Crippen molar-refractivity contribution in [3.63, 3.8) is 0 Å². The minimum Gasteiger partial charge on any atom is -0.427 e. The molecule has 0 aromatic heterocycles. The highest BCUT2D eigenvalue weighted by Crippen LogP contribution is 2.42. The summed E-state index contributed by atoms with van der Waals surface area (Å²) in [7, 11) is 0. The zero-order valence-corrected chi connectivity index (χ0v) is 13.6. The number of rotatable bonds is 4. The normalized spacial score (nSPS) is 18.1. The molecule has 0 aliphatic carbocycles. The van der Waals surface area contributed by atoms with Crippen LogP contribution in [-0.2, 0) is 10.5 Å². The lowest BCUT2D eigenvalue weighted by Crippen LogP contribution is -2.36. The predicted octanol–water partition coefficient (Wildman–Crippen LogP) is 4.08. The zero-order valence-electron chi connectivity index (χ0n) is 13.6. The number of esters is 1. The van der Waals surface area contributed by atoms with Gasteiger partial charge >= 0.3 is 5.97 Å². The van der Waals surface area contributed by atoms with Crippen molar-refractivity contribution >= 4 is 17.3 Å². The molecule has 0 spiro atoms. The summed E-state index contributed by atoms with van der Waals surface area (Å²) in [4.78, 5) is 22.8. The molecule has 3 aromatic carbocycles. The second-order valence-electron chi connectivity index (χ2n) is 5.91. The Labute approximate surface area is 149 Å². The Hall–Kier alpha value is -3.67. The fourth-order valence-electron chi connectivity index (χ4n) is 3.14. The van der Waals surface area contributed by atoms with Crippen LogP contribution in [0.25, 0.3) is 0 Å². The Morgan fingerprint density at radius 2 is 1.54 bits per heavy atom. The highest BCUT2D eigenvalue weighted by Gasteiger charge is 2.47. The molecule has 0 saturated carbocycles. The van der Waals surface area contributed by atoms with Crippen molar-refractivity contribution in [2.75, 3.05) is 5.32 Å². The van der Waals surface area contributed by atoms with Crippen molar-refractivity contribution in [2.24, 2.45) is 0 Å². The summed E-state index contributed by atoms with van der Waals surface area (Å²) in [5, 5.41) is 14.1. The summed E-state index contributed by atoms with van der Waals surface area (Å²) >= 11 is 0. The first-order valence-corrected chi connectivity index (χ1v) is 8.01. The maximum Gasteiger partial charge on any atom is 0.341 e. The van der Waals surface area contributed by atoms with Gasteiger partial charge in [-0.05, 0) is 18.2 Å². The number of cyclic esters (lactones) is 1. The number of ether oxygens (including phenoxy) is 1. The topological polar surface area (TPSA) is 81.5 Å². The smallest absolute Gasteiger partial charge is 0.341 e. The lowest BCUT2D eigenvalue weighted by Gasteiger charge is -2.31. The Morgan fingerprint density at radius 1 is 0.885 bits per heavy atom. The van der Waals surface area contributed by atoms with Crippen LogP contribution in [0.1, 0.15) is 21.5 Å². The van der Waals surface area contributed by atoms with E-state index >= 15 is 0 Å². The van der Waals surface area contributed by atoms with Gasteiger partial charge < -0.3 is 10.1 Å². The summed E-state index contributed by atoms with van der Waals surface area (Å²) in [6.07, 6.45) is 0. The minimum absolute atomic E-state index is 0.00636. The minimum atomic E-state index is -1.19. The summed E-state index contributed by atoms with van der Waals surface area (Å²) < 4.78 is 5.80. The van der Waals surface area contributed by atoms with Gasteiger partial charge in [0.25, 0.3) is 5.69 Å². The molecular formula is C20H14N2O4. The second kappa shape index (κ2) is 6.00. The lowest BCUT2D eigenvalue weighted by molar-refractivity contribution is -0.384. The van der Waals surface area contributed by atoms with Crippen LogP contribution >= 0.6 is 0 Å². The molecule has 0 bridgehead atoms. The average molecular weight is 346 g/mol. The van der Waals surface area contributed by atoms with Crippen molar-refractivity contribution in [2.45, 2.75) is 5.72 Å². The van der Waals surface area contributed by atoms with Gasteiger partial charge in [-0.25, -0.2) is 4.79 Å². The first-order valence-electron chi connectivity index (χ1n) is 8.01. The Bertz CT molecular complexity index is 986. The second-order valence-corrected chi connectivity index (χ2v) is 5.91. The number of nitrogens with one attached hydrogen (secondary N) is 1. The van der Waals surface area contributed by atoms with E-state index in [1.807, 2.05) is 42.5 Å².